The van der Waals surface area contributed by atoms with Crippen LogP contribution in [0.25, 0.3) is 10.9 Å². The number of carbonyl (C=O) groups is 2. The Hall–Kier alpha value is -3.59. The number of aromatic nitrogens is 1. The lowest BCUT2D eigenvalue weighted by Crippen LogP contribution is -2.30. The highest BCUT2D eigenvalue weighted by molar-refractivity contribution is 6.19. The van der Waals surface area contributed by atoms with Gasteiger partial charge in [-0.3, -0.25) is 10.1 Å². The highest BCUT2D eigenvalue weighted by Gasteiger charge is 2.34. The van der Waals surface area contributed by atoms with Gasteiger partial charge in [0.15, 0.2) is 11.5 Å². The number of nitrogens with zero attached hydrogens (tertiary/aromatic N) is 1. The number of benzene rings is 2. The lowest BCUT2D eigenvalue weighted by Gasteiger charge is -2.17. The second-order valence-corrected chi connectivity index (χ2v) is 7.57. The maximum absolute atomic E-state index is 13.5. The molecule has 1 aliphatic rings. The van der Waals surface area contributed by atoms with E-state index < -0.39 is 6.09 Å². The predicted molar refractivity (Wildman–Crippen MR) is 121 cm³/mol. The van der Waals surface area contributed by atoms with Gasteiger partial charge in [-0.25, -0.2) is 4.79 Å². The molecule has 3 N–H and O–H groups in total. The second-order valence-electron chi connectivity index (χ2n) is 7.26. The van der Waals surface area contributed by atoms with E-state index in [1.165, 1.54) is 21.3 Å². The number of aromatic amines is 1. The molecule has 0 saturated heterocycles. The average Bonchev–Trinajstić information content (AvgIpc) is 3.37. The molecule has 1 unspecified atom stereocenters. The third-order valence-corrected chi connectivity index (χ3v) is 5.87. The summed E-state index contributed by atoms with van der Waals surface area (Å²) < 4.78 is 16.3. The van der Waals surface area contributed by atoms with E-state index >= 15 is 0 Å². The molecule has 0 spiro atoms. The average molecular weight is 460 g/mol. The van der Waals surface area contributed by atoms with Gasteiger partial charge < -0.3 is 29.2 Å². The van der Waals surface area contributed by atoms with Crippen LogP contribution in [0.3, 0.4) is 0 Å². The molecule has 0 aliphatic carbocycles. The van der Waals surface area contributed by atoms with Crippen LogP contribution in [-0.4, -0.2) is 55.8 Å². The quantitative estimate of drug-likeness (QED) is 0.474. The van der Waals surface area contributed by atoms with Gasteiger partial charge in [0.25, 0.3) is 5.91 Å². The monoisotopic (exact) mass is 459 g/mol. The van der Waals surface area contributed by atoms with E-state index in [-0.39, 0.29) is 11.8 Å². The fraction of sp³-hybridized carbons (Fsp3) is 0.273. The number of alkyl halides is 1. The smallest absolute Gasteiger partial charge is 0.409 e. The number of nitrogens with one attached hydrogen (secondary N) is 2. The second kappa shape index (κ2) is 8.51. The van der Waals surface area contributed by atoms with Crippen LogP contribution in [0.1, 0.15) is 22.0 Å². The minimum atomic E-state index is -1.18. The van der Waals surface area contributed by atoms with Crippen molar-refractivity contribution in [2.45, 2.75) is 5.92 Å². The van der Waals surface area contributed by atoms with Crippen LogP contribution >= 0.6 is 11.6 Å². The van der Waals surface area contributed by atoms with Crippen molar-refractivity contribution >= 4 is 45.9 Å². The van der Waals surface area contributed by atoms with Crippen molar-refractivity contribution in [1.82, 2.24) is 4.98 Å². The van der Waals surface area contributed by atoms with Crippen LogP contribution in [0.15, 0.2) is 30.3 Å². The number of ether oxygens (including phenoxy) is 3. The number of amides is 2. The first-order valence-corrected chi connectivity index (χ1v) is 10.3. The number of hydrogen-bond donors (Lipinski definition) is 3. The number of rotatable bonds is 6. The molecule has 4 rings (SSSR count). The first kappa shape index (κ1) is 21.6. The Kier molecular flexibility index (Phi) is 5.75. The van der Waals surface area contributed by atoms with E-state index in [1.54, 1.807) is 35.2 Å². The molecule has 0 saturated carbocycles. The third kappa shape index (κ3) is 3.54. The van der Waals surface area contributed by atoms with Gasteiger partial charge in [0, 0.05) is 35.1 Å². The van der Waals surface area contributed by atoms with Gasteiger partial charge in [-0.1, -0.05) is 6.07 Å². The maximum atomic E-state index is 13.5. The molecular formula is C22H22ClN3O6. The minimum absolute atomic E-state index is 0.0615. The lowest BCUT2D eigenvalue weighted by molar-refractivity contribution is 0.0984. The van der Waals surface area contributed by atoms with Gasteiger partial charge in [0.2, 0.25) is 5.75 Å². The number of carboxylic acid groups (broad SMARTS) is 1. The molecule has 2 amide bonds. The van der Waals surface area contributed by atoms with Crippen molar-refractivity contribution < 1.29 is 28.9 Å². The molecule has 3 aromatic rings. The number of carbonyl (C=O) groups excluding carboxylic acids is 1. The fourth-order valence-corrected chi connectivity index (χ4v) is 4.33. The van der Waals surface area contributed by atoms with Crippen molar-refractivity contribution in [3.8, 4) is 17.2 Å². The molecule has 1 aliphatic heterocycles. The van der Waals surface area contributed by atoms with Crippen LogP contribution in [-0.2, 0) is 0 Å². The summed E-state index contributed by atoms with van der Waals surface area (Å²) >= 11 is 6.15. The summed E-state index contributed by atoms with van der Waals surface area (Å²) in [7, 11) is 4.55. The van der Waals surface area contributed by atoms with Crippen LogP contribution < -0.4 is 24.4 Å². The summed E-state index contributed by atoms with van der Waals surface area (Å²) in [5.74, 6) is 1.32. The Morgan fingerprint density at radius 1 is 1.16 bits per heavy atom. The van der Waals surface area contributed by atoms with E-state index in [0.717, 1.165) is 10.9 Å². The van der Waals surface area contributed by atoms with Crippen molar-refractivity contribution in [1.29, 1.82) is 0 Å². The van der Waals surface area contributed by atoms with E-state index in [4.69, 9.17) is 30.9 Å². The summed E-state index contributed by atoms with van der Waals surface area (Å²) in [5.41, 5.74) is 2.82. The third-order valence-electron chi connectivity index (χ3n) is 5.50. The molecule has 2 aromatic carbocycles. The van der Waals surface area contributed by atoms with E-state index in [9.17, 15) is 9.59 Å². The Labute approximate surface area is 188 Å². The molecule has 168 valence electrons. The Morgan fingerprint density at radius 2 is 1.91 bits per heavy atom. The van der Waals surface area contributed by atoms with E-state index in [2.05, 4.69) is 10.3 Å². The first-order chi connectivity index (χ1) is 15.4. The SMILES string of the molecule is COc1cc2cc(C(=O)N3CC(CCl)c4ccc(NC(=O)O)cc43)[nH]c2c(OC)c1OC. The summed E-state index contributed by atoms with van der Waals surface area (Å²) in [6.07, 6.45) is -1.18. The summed E-state index contributed by atoms with van der Waals surface area (Å²) in [4.78, 5) is 29.3. The zero-order valence-corrected chi connectivity index (χ0v) is 18.4. The Balaban J connectivity index is 1.77. The number of halogens is 1. The minimum Gasteiger partial charge on any atom is -0.493 e. The molecular weight excluding hydrogens is 438 g/mol. The van der Waals surface area contributed by atoms with Gasteiger partial charge in [-0.2, -0.15) is 0 Å². The normalized spacial score (nSPS) is 14.9. The van der Waals surface area contributed by atoms with Gasteiger partial charge in [-0.05, 0) is 29.8 Å². The number of anilines is 2. The predicted octanol–water partition coefficient (Wildman–Crippen LogP) is 4.27. The van der Waals surface area contributed by atoms with Gasteiger partial charge >= 0.3 is 6.09 Å². The van der Waals surface area contributed by atoms with Crippen LogP contribution in [0, 0.1) is 0 Å². The fourth-order valence-electron chi connectivity index (χ4n) is 4.07. The molecule has 9 nitrogen and oxygen atoms in total. The van der Waals surface area contributed by atoms with Crippen molar-refractivity contribution in [2.24, 2.45) is 0 Å². The topological polar surface area (TPSA) is 113 Å². The maximum Gasteiger partial charge on any atom is 0.409 e. The summed E-state index contributed by atoms with van der Waals surface area (Å²) in [6, 6.07) is 8.58. The molecule has 1 atom stereocenters. The van der Waals surface area contributed by atoms with Crippen LogP contribution in [0.2, 0.25) is 0 Å². The largest absolute Gasteiger partial charge is 0.493 e. The van der Waals surface area contributed by atoms with Crippen LogP contribution in [0.5, 0.6) is 17.2 Å². The van der Waals surface area contributed by atoms with E-state index in [1.807, 2.05) is 0 Å². The lowest BCUT2D eigenvalue weighted by atomic mass is 10.0. The number of methoxy groups -OCH3 is 3. The molecule has 0 fully saturated rings. The van der Waals surface area contributed by atoms with Gasteiger partial charge in [-0.15, -0.1) is 11.6 Å². The molecule has 0 radical (unpaired) electrons. The van der Waals surface area contributed by atoms with Crippen molar-refractivity contribution in [2.75, 3.05) is 44.0 Å². The van der Waals surface area contributed by atoms with Crippen molar-refractivity contribution in [3.63, 3.8) is 0 Å². The standard InChI is InChI=1S/C22H22ClN3O6/c1-30-17-7-11-6-15(25-18(11)20(32-3)19(17)31-2)21(27)26-10-12(9-23)14-5-4-13(8-16(14)26)24-22(28)29/h4-8,12,24-25H,9-10H2,1-3H3,(H,28,29). The molecule has 1 aromatic heterocycles. The van der Waals surface area contributed by atoms with Crippen molar-refractivity contribution in [3.05, 3.63) is 41.6 Å². The highest BCUT2D eigenvalue weighted by atomic mass is 35.5. The van der Waals surface area contributed by atoms with Crippen LogP contribution in [0.4, 0.5) is 16.2 Å². The molecule has 0 bridgehead atoms. The zero-order valence-electron chi connectivity index (χ0n) is 17.7. The van der Waals surface area contributed by atoms with E-state index in [0.29, 0.717) is 52.3 Å². The molecule has 10 heteroatoms. The molecule has 32 heavy (non-hydrogen) atoms. The van der Waals surface area contributed by atoms with Gasteiger partial charge in [0.1, 0.15) is 5.69 Å². The highest BCUT2D eigenvalue weighted by Crippen LogP contribution is 2.44. The summed E-state index contributed by atoms with van der Waals surface area (Å²) in [5, 5.41) is 12.1. The zero-order chi connectivity index (χ0) is 23.0. The first-order valence-electron chi connectivity index (χ1n) is 9.75. The Morgan fingerprint density at radius 3 is 2.53 bits per heavy atom. The van der Waals surface area contributed by atoms with Gasteiger partial charge in [0.05, 0.1) is 26.8 Å². The molecule has 2 heterocycles. The Bertz CT molecular complexity index is 1210. The number of H-pyrrole nitrogens is 1. The number of hydrogen-bond acceptors (Lipinski definition) is 5. The summed E-state index contributed by atoms with van der Waals surface area (Å²) in [6.45, 7) is 0.382. The number of fused-ring (bicyclic) bond motifs is 2.